The summed E-state index contributed by atoms with van der Waals surface area (Å²) in [5, 5.41) is 6.91. The summed E-state index contributed by atoms with van der Waals surface area (Å²) in [6, 6.07) is 3.22. The molecule has 0 radical (unpaired) electrons. The number of pyridine rings is 1. The molecule has 0 aromatic carbocycles. The van der Waals surface area contributed by atoms with Crippen molar-refractivity contribution in [2.45, 2.75) is 11.1 Å². The van der Waals surface area contributed by atoms with Crippen LogP contribution in [0.1, 0.15) is 0 Å². The van der Waals surface area contributed by atoms with Crippen molar-refractivity contribution in [1.82, 2.24) is 4.98 Å². The van der Waals surface area contributed by atoms with E-state index in [0.29, 0.717) is 4.90 Å². The highest BCUT2D eigenvalue weighted by atomic mass is 32.2. The maximum atomic E-state index is 12.4. The van der Waals surface area contributed by atoms with Crippen molar-refractivity contribution in [2.75, 3.05) is 5.75 Å². The van der Waals surface area contributed by atoms with Crippen LogP contribution in [0.25, 0.3) is 0 Å². The molecule has 88 valence electrons. The Hall–Kier alpha value is -1.24. The number of hydrogen-bond donors (Lipinski definition) is 2. The average molecular weight is 249 g/mol. The largest absolute Gasteiger partial charge is 0.399 e. The molecule has 16 heavy (non-hydrogen) atoms. The van der Waals surface area contributed by atoms with Gasteiger partial charge in [0.1, 0.15) is 11.8 Å². The number of nitrogens with one attached hydrogen (secondary N) is 1. The van der Waals surface area contributed by atoms with Crippen LogP contribution in [0.4, 0.5) is 13.2 Å². The number of nitrogens with zero attached hydrogens (tertiary/aromatic N) is 1. The first-order valence-electron chi connectivity index (χ1n) is 4.34. The molecule has 1 aromatic rings. The molecule has 0 bridgehead atoms. The quantitative estimate of drug-likeness (QED) is 0.489. The fourth-order valence-electron chi connectivity index (χ4n) is 0.975. The Balaban J connectivity index is 2.62. The summed E-state index contributed by atoms with van der Waals surface area (Å²) in [6.07, 6.45) is -1.47. The first kappa shape index (κ1) is 12.8. The predicted molar refractivity (Wildman–Crippen MR) is 56.4 cm³/mol. The lowest BCUT2D eigenvalue weighted by atomic mass is 10.1. The molecule has 1 aromatic heterocycles. The molecule has 0 aliphatic rings. The van der Waals surface area contributed by atoms with Crippen molar-refractivity contribution < 1.29 is 13.2 Å². The standard InChI is InChI=1S/C9H10F3N3S/c10-9(11,12)7(8(13)14)5-16-6-1-3-15-4-2-6/h1-4,7H,5H2,(H3,13,14). The van der Waals surface area contributed by atoms with Crippen LogP contribution in [0.2, 0.25) is 0 Å². The Kier molecular flexibility index (Phi) is 4.17. The third-order valence-corrected chi connectivity index (χ3v) is 2.94. The van der Waals surface area contributed by atoms with Gasteiger partial charge in [0.2, 0.25) is 0 Å². The van der Waals surface area contributed by atoms with Crippen LogP contribution in [0.3, 0.4) is 0 Å². The molecule has 1 heterocycles. The van der Waals surface area contributed by atoms with Gasteiger partial charge < -0.3 is 5.73 Å². The van der Waals surface area contributed by atoms with E-state index in [1.54, 1.807) is 12.1 Å². The zero-order chi connectivity index (χ0) is 12.2. The fourth-order valence-corrected chi connectivity index (χ4v) is 2.02. The molecular weight excluding hydrogens is 239 g/mol. The predicted octanol–water partition coefficient (Wildman–Crippen LogP) is 2.29. The second-order valence-electron chi connectivity index (χ2n) is 3.04. The monoisotopic (exact) mass is 249 g/mol. The molecule has 0 spiro atoms. The van der Waals surface area contributed by atoms with Gasteiger partial charge in [-0.2, -0.15) is 13.2 Å². The van der Waals surface area contributed by atoms with Gasteiger partial charge in [0, 0.05) is 23.0 Å². The molecule has 0 amide bonds. The highest BCUT2D eigenvalue weighted by molar-refractivity contribution is 7.99. The number of alkyl halides is 3. The van der Waals surface area contributed by atoms with Gasteiger partial charge in [-0.3, -0.25) is 10.4 Å². The van der Waals surface area contributed by atoms with Crippen LogP contribution in [-0.4, -0.2) is 22.7 Å². The summed E-state index contributed by atoms with van der Waals surface area (Å²) in [7, 11) is 0. The smallest absolute Gasteiger partial charge is 0.387 e. The van der Waals surface area contributed by atoms with Crippen molar-refractivity contribution in [2.24, 2.45) is 11.7 Å². The number of thioether (sulfide) groups is 1. The van der Waals surface area contributed by atoms with Crippen molar-refractivity contribution in [3.05, 3.63) is 24.5 Å². The van der Waals surface area contributed by atoms with Crippen molar-refractivity contribution in [3.8, 4) is 0 Å². The summed E-state index contributed by atoms with van der Waals surface area (Å²) >= 11 is 1.00. The molecule has 7 heteroatoms. The van der Waals surface area contributed by atoms with Gasteiger partial charge in [0.05, 0.1) is 0 Å². The van der Waals surface area contributed by atoms with Crippen LogP contribution in [0, 0.1) is 11.3 Å². The number of aromatic nitrogens is 1. The van der Waals surface area contributed by atoms with E-state index in [1.807, 2.05) is 0 Å². The number of rotatable bonds is 4. The van der Waals surface area contributed by atoms with E-state index in [1.165, 1.54) is 12.4 Å². The van der Waals surface area contributed by atoms with Gasteiger partial charge in [-0.25, -0.2) is 0 Å². The fraction of sp³-hybridized carbons (Fsp3) is 0.333. The Morgan fingerprint density at radius 3 is 2.44 bits per heavy atom. The van der Waals surface area contributed by atoms with Crippen LogP contribution in [-0.2, 0) is 0 Å². The highest BCUT2D eigenvalue weighted by Gasteiger charge is 2.41. The molecule has 0 aliphatic heterocycles. The first-order valence-corrected chi connectivity index (χ1v) is 5.33. The Bertz CT molecular complexity index is 353. The van der Waals surface area contributed by atoms with Crippen LogP contribution < -0.4 is 5.73 Å². The minimum absolute atomic E-state index is 0.289. The molecule has 1 rings (SSSR count). The van der Waals surface area contributed by atoms with Gasteiger partial charge in [0.25, 0.3) is 0 Å². The van der Waals surface area contributed by atoms with E-state index in [9.17, 15) is 13.2 Å². The van der Waals surface area contributed by atoms with Crippen LogP contribution in [0.15, 0.2) is 29.4 Å². The average Bonchev–Trinajstić information content (AvgIpc) is 2.17. The van der Waals surface area contributed by atoms with Crippen molar-refractivity contribution in [1.29, 1.82) is 5.41 Å². The Morgan fingerprint density at radius 1 is 1.44 bits per heavy atom. The summed E-state index contributed by atoms with van der Waals surface area (Å²) < 4.78 is 37.3. The summed E-state index contributed by atoms with van der Waals surface area (Å²) in [6.45, 7) is 0. The van der Waals surface area contributed by atoms with Crippen molar-refractivity contribution >= 4 is 17.6 Å². The van der Waals surface area contributed by atoms with Gasteiger partial charge in [-0.1, -0.05) is 0 Å². The second kappa shape index (κ2) is 5.20. The summed E-state index contributed by atoms with van der Waals surface area (Å²) in [4.78, 5) is 4.43. The van der Waals surface area contributed by atoms with E-state index in [2.05, 4.69) is 4.98 Å². The Morgan fingerprint density at radius 2 is 2.00 bits per heavy atom. The zero-order valence-electron chi connectivity index (χ0n) is 8.16. The SMILES string of the molecule is N=C(N)C(CSc1ccncc1)C(F)(F)F. The maximum absolute atomic E-state index is 12.4. The second-order valence-corrected chi connectivity index (χ2v) is 4.14. The van der Waals surface area contributed by atoms with E-state index >= 15 is 0 Å². The molecule has 0 fully saturated rings. The topological polar surface area (TPSA) is 62.8 Å². The van der Waals surface area contributed by atoms with Gasteiger partial charge in [-0.05, 0) is 12.1 Å². The lowest BCUT2D eigenvalue weighted by Crippen LogP contribution is -2.36. The Labute approximate surface area is 94.8 Å². The minimum Gasteiger partial charge on any atom is -0.387 e. The van der Waals surface area contributed by atoms with Gasteiger partial charge in [0.15, 0.2) is 0 Å². The number of nitrogens with two attached hydrogens (primary N) is 1. The van der Waals surface area contributed by atoms with E-state index in [0.717, 1.165) is 11.8 Å². The van der Waals surface area contributed by atoms with Gasteiger partial charge in [-0.15, -0.1) is 11.8 Å². The summed E-state index contributed by atoms with van der Waals surface area (Å²) in [5.74, 6) is -3.04. The third-order valence-electron chi connectivity index (χ3n) is 1.84. The number of amidine groups is 1. The molecule has 3 nitrogen and oxygen atoms in total. The number of hydrogen-bond acceptors (Lipinski definition) is 3. The molecule has 1 unspecified atom stereocenters. The lowest BCUT2D eigenvalue weighted by Gasteiger charge is -2.18. The molecule has 0 saturated carbocycles. The molecule has 0 aliphatic carbocycles. The van der Waals surface area contributed by atoms with Crippen molar-refractivity contribution in [3.63, 3.8) is 0 Å². The molecule has 1 atom stereocenters. The van der Waals surface area contributed by atoms with Crippen LogP contribution in [0.5, 0.6) is 0 Å². The van der Waals surface area contributed by atoms with E-state index < -0.39 is 17.9 Å². The lowest BCUT2D eigenvalue weighted by molar-refractivity contribution is -0.149. The van der Waals surface area contributed by atoms with Crippen LogP contribution >= 0.6 is 11.8 Å². The molecule has 3 N–H and O–H groups in total. The van der Waals surface area contributed by atoms with E-state index in [4.69, 9.17) is 11.1 Å². The zero-order valence-corrected chi connectivity index (χ0v) is 8.98. The molecular formula is C9H10F3N3S. The normalized spacial score (nSPS) is 13.4. The van der Waals surface area contributed by atoms with Gasteiger partial charge >= 0.3 is 6.18 Å². The number of halogens is 3. The highest BCUT2D eigenvalue weighted by Crippen LogP contribution is 2.31. The van der Waals surface area contributed by atoms with E-state index in [-0.39, 0.29) is 5.75 Å². The maximum Gasteiger partial charge on any atom is 0.399 e. The third kappa shape index (κ3) is 3.73. The molecule has 0 saturated heterocycles. The summed E-state index contributed by atoms with van der Waals surface area (Å²) in [5.41, 5.74) is 4.92. The minimum atomic E-state index is -4.47. The first-order chi connectivity index (χ1) is 7.41.